The van der Waals surface area contributed by atoms with Gasteiger partial charge in [0.05, 0.1) is 0 Å². The smallest absolute Gasteiger partial charge is 0.724 e. The van der Waals surface area contributed by atoms with Crippen molar-refractivity contribution in [2.24, 2.45) is 0 Å². The van der Waals surface area contributed by atoms with Gasteiger partial charge in [-0.25, -0.2) is 50.5 Å². The van der Waals surface area contributed by atoms with Crippen LogP contribution in [0.5, 0.6) is 0 Å². The van der Waals surface area contributed by atoms with Gasteiger partial charge < -0.3 is 27.3 Å². The van der Waals surface area contributed by atoms with E-state index in [4.69, 9.17) is 0 Å². The number of rotatable bonds is 9. The van der Waals surface area contributed by atoms with E-state index < -0.39 is 62.4 Å². The molecule has 186 valence electrons. The van der Waals surface area contributed by atoms with E-state index in [9.17, 15) is 77.8 Å². The van der Waals surface area contributed by atoms with E-state index in [1.165, 1.54) is 0 Å². The van der Waals surface area contributed by atoms with Crippen LogP contribution in [0.1, 0.15) is 0 Å². The molecule has 0 aromatic rings. The molecule has 0 aliphatic carbocycles. The summed E-state index contributed by atoms with van der Waals surface area (Å²) in [7, 11) is -31.9. The molecule has 0 aliphatic rings. The first-order valence-corrected chi connectivity index (χ1v) is 12.5. The van der Waals surface area contributed by atoms with Crippen molar-refractivity contribution in [1.82, 2.24) is 0 Å². The van der Waals surface area contributed by atoms with Crippen LogP contribution in [-0.4, -0.2) is 113 Å². The summed E-state index contributed by atoms with van der Waals surface area (Å²) in [5, 5.41) is 0. The third kappa shape index (κ3) is 57.3. The Hall–Kier alpha value is 0.285. The van der Waals surface area contributed by atoms with E-state index in [0.717, 1.165) is 0 Å². The number of hydrogen-bond acceptors (Lipinski definition) is 24. The molecule has 32 heteroatoms. The van der Waals surface area contributed by atoms with Gasteiger partial charge in [-0.05, 0) is 0 Å². The minimum absolute atomic E-state index is 0. The second-order valence-electron chi connectivity index (χ2n) is 2.86. The van der Waals surface area contributed by atoms with E-state index in [1.807, 2.05) is 0 Å². The quantitative estimate of drug-likeness (QED) is 0.0750. The Balaban J connectivity index is -0.000000110. The van der Waals surface area contributed by atoms with Gasteiger partial charge in [-0.2, -0.15) is 0 Å². The standard InChI is InChI=1S/2Al.3H2O8S2/c;;3*1-9(2,3)7-8-10(4,5)6/h;;3*(H,1,2,3)(H,4,5,6)/q2*+3;;;/p-6. The van der Waals surface area contributed by atoms with Crippen LogP contribution < -0.4 is 0 Å². The third-order valence-corrected chi connectivity index (χ3v) is 2.25. The van der Waals surface area contributed by atoms with Gasteiger partial charge in [-0.15, -0.1) is 26.0 Å². The molecule has 0 N–H and O–H groups in total. The maximum Gasteiger partial charge on any atom is 3.00 e. The molecule has 0 bridgehead atoms. The van der Waals surface area contributed by atoms with E-state index in [2.05, 4.69) is 26.0 Å². The Morgan fingerprint density at radius 3 is 0.375 bits per heavy atom. The van der Waals surface area contributed by atoms with Crippen LogP contribution in [-0.2, 0) is 88.4 Å². The molecular formula is Al2O24S6. The van der Waals surface area contributed by atoms with Crippen molar-refractivity contribution in [3.8, 4) is 0 Å². The zero-order valence-corrected chi connectivity index (χ0v) is 20.6. The molecule has 0 radical (unpaired) electrons. The molecule has 0 aromatic heterocycles. The third-order valence-electron chi connectivity index (χ3n) is 0.583. The van der Waals surface area contributed by atoms with Gasteiger partial charge >= 0.3 is 34.7 Å². The van der Waals surface area contributed by atoms with Gasteiger partial charge in [0.1, 0.15) is 0 Å². The molecule has 0 amide bonds. The fourth-order valence-electron chi connectivity index (χ4n) is 0.204. The second kappa shape index (κ2) is 16.0. The normalized spacial score (nSPS) is 12.6. The van der Waals surface area contributed by atoms with Gasteiger partial charge in [0.15, 0.2) is 0 Å². The fraction of sp³-hybridized carbons (Fsp3) is 0. The summed E-state index contributed by atoms with van der Waals surface area (Å²) in [5.41, 5.74) is 0. The summed E-state index contributed by atoms with van der Waals surface area (Å²) >= 11 is 0. The van der Waals surface area contributed by atoms with E-state index in [-0.39, 0.29) is 34.7 Å². The monoisotopic (exact) mass is 630 g/mol. The van der Waals surface area contributed by atoms with Crippen molar-refractivity contribution in [3.63, 3.8) is 0 Å². The largest absolute Gasteiger partial charge is 3.00 e. The predicted molar refractivity (Wildman–Crippen MR) is 76.2 cm³/mol. The van der Waals surface area contributed by atoms with Crippen LogP contribution in [0.2, 0.25) is 0 Å². The summed E-state index contributed by atoms with van der Waals surface area (Å²) in [5.74, 6) is 0. The molecule has 0 aromatic carbocycles. The second-order valence-corrected chi connectivity index (χ2v) is 8.57. The molecule has 0 rings (SSSR count). The van der Waals surface area contributed by atoms with Crippen molar-refractivity contribution >= 4 is 97.1 Å². The molecule has 0 fully saturated rings. The Morgan fingerprint density at radius 1 is 0.281 bits per heavy atom. The first kappa shape index (κ1) is 42.4. The molecule has 0 spiro atoms. The maximum absolute atomic E-state index is 9.37. The Morgan fingerprint density at radius 2 is 0.344 bits per heavy atom. The van der Waals surface area contributed by atoms with E-state index >= 15 is 0 Å². The summed E-state index contributed by atoms with van der Waals surface area (Å²) < 4.78 is 184. The van der Waals surface area contributed by atoms with Gasteiger partial charge in [-0.3, -0.25) is 0 Å². The van der Waals surface area contributed by atoms with Crippen molar-refractivity contribution < 1.29 is 104 Å². The van der Waals surface area contributed by atoms with Gasteiger partial charge in [0.25, 0.3) is 0 Å². The van der Waals surface area contributed by atoms with Crippen molar-refractivity contribution in [2.75, 3.05) is 0 Å². The predicted octanol–water partition coefficient (Wildman–Crippen LogP) is -7.20. The minimum atomic E-state index is -5.31. The minimum Gasteiger partial charge on any atom is -0.724 e. The van der Waals surface area contributed by atoms with E-state index in [0.29, 0.717) is 0 Å². The van der Waals surface area contributed by atoms with E-state index in [1.54, 1.807) is 0 Å². The Labute approximate surface area is 200 Å². The average molecular weight is 630 g/mol. The molecule has 0 saturated heterocycles. The maximum atomic E-state index is 9.37. The fourth-order valence-corrected chi connectivity index (χ4v) is 1.84. The molecule has 0 unspecified atom stereocenters. The SMILES string of the molecule is O=S(=O)([O-])OOS(=O)(=O)[O-].O=S(=O)([O-])OOS(=O)(=O)[O-].O=S(=O)([O-])OOS(=O)(=O)[O-].[Al+3].[Al+3]. The van der Waals surface area contributed by atoms with Crippen LogP contribution in [0.4, 0.5) is 0 Å². The van der Waals surface area contributed by atoms with Crippen LogP contribution >= 0.6 is 0 Å². The van der Waals surface area contributed by atoms with Crippen molar-refractivity contribution in [1.29, 1.82) is 0 Å². The molecule has 0 heterocycles. The van der Waals surface area contributed by atoms with Gasteiger partial charge in [0, 0.05) is 0 Å². The Bertz CT molecular complexity index is 893. The van der Waals surface area contributed by atoms with Crippen molar-refractivity contribution in [2.45, 2.75) is 0 Å². The van der Waals surface area contributed by atoms with Crippen LogP contribution in [0.3, 0.4) is 0 Å². The molecule has 0 atom stereocenters. The average Bonchev–Trinajstić information content (AvgIpc) is 2.38. The molecule has 0 aliphatic heterocycles. The molecule has 32 heavy (non-hydrogen) atoms. The van der Waals surface area contributed by atoms with Crippen molar-refractivity contribution in [3.05, 3.63) is 0 Å². The summed E-state index contributed by atoms with van der Waals surface area (Å²) in [6.07, 6.45) is 0. The summed E-state index contributed by atoms with van der Waals surface area (Å²) in [6.45, 7) is 0. The molecule has 0 saturated carbocycles. The van der Waals surface area contributed by atoms with Gasteiger partial charge in [-0.1, -0.05) is 0 Å². The first-order valence-electron chi connectivity index (χ1n) is 4.50. The summed E-state index contributed by atoms with van der Waals surface area (Å²) in [6, 6.07) is 0. The number of hydrogen-bond donors (Lipinski definition) is 0. The summed E-state index contributed by atoms with van der Waals surface area (Å²) in [4.78, 5) is 0. The topological polar surface area (TPSA) is 399 Å². The zero-order chi connectivity index (χ0) is 25.2. The first-order chi connectivity index (χ1) is 12.6. The molecule has 24 nitrogen and oxygen atoms in total. The Kier molecular flexibility index (Phi) is 21.3. The van der Waals surface area contributed by atoms with Gasteiger partial charge in [0.2, 0.25) is 62.4 Å². The van der Waals surface area contributed by atoms with Crippen LogP contribution in [0, 0.1) is 0 Å². The van der Waals surface area contributed by atoms with Crippen LogP contribution in [0.25, 0.3) is 0 Å². The van der Waals surface area contributed by atoms with Crippen LogP contribution in [0.15, 0.2) is 0 Å². The zero-order valence-electron chi connectivity index (χ0n) is 13.4. The molecular weight excluding hydrogens is 630 g/mol.